The fourth-order valence-electron chi connectivity index (χ4n) is 2.74. The van der Waals surface area contributed by atoms with E-state index in [1.54, 1.807) is 36.6 Å². The zero-order valence-electron chi connectivity index (χ0n) is 11.5. The molecule has 5 heteroatoms. The van der Waals surface area contributed by atoms with Crippen molar-refractivity contribution in [1.29, 1.82) is 0 Å². The molecule has 5 nitrogen and oxygen atoms in total. The normalized spacial score (nSPS) is 21.7. The predicted molar refractivity (Wildman–Crippen MR) is 74.8 cm³/mol. The van der Waals surface area contributed by atoms with Crippen molar-refractivity contribution < 1.29 is 4.79 Å². The van der Waals surface area contributed by atoms with Crippen molar-refractivity contribution in [2.75, 3.05) is 7.05 Å². The van der Waals surface area contributed by atoms with E-state index in [9.17, 15) is 4.79 Å². The van der Waals surface area contributed by atoms with E-state index in [4.69, 9.17) is 0 Å². The van der Waals surface area contributed by atoms with Gasteiger partial charge in [-0.05, 0) is 12.1 Å². The van der Waals surface area contributed by atoms with Gasteiger partial charge in [-0.25, -0.2) is 4.98 Å². The van der Waals surface area contributed by atoms with Crippen LogP contribution in [0, 0.1) is 0 Å². The van der Waals surface area contributed by atoms with Gasteiger partial charge in [0.1, 0.15) is 5.82 Å². The number of carbonyl (C=O) groups is 1. The van der Waals surface area contributed by atoms with E-state index in [2.05, 4.69) is 16.9 Å². The van der Waals surface area contributed by atoms with E-state index < -0.39 is 5.66 Å². The number of likely N-dealkylation sites (N-methyl/N-ethyl adjacent to an activating group) is 1. The SMILES string of the molecule is CCc1nccn1C1(c2cccnc2)C=CC(=O)N1C. The van der Waals surface area contributed by atoms with Gasteiger partial charge >= 0.3 is 0 Å². The summed E-state index contributed by atoms with van der Waals surface area (Å²) < 4.78 is 2.03. The number of amides is 1. The molecular weight excluding hydrogens is 252 g/mol. The molecule has 1 unspecified atom stereocenters. The molecule has 102 valence electrons. The lowest BCUT2D eigenvalue weighted by molar-refractivity contribution is -0.128. The van der Waals surface area contributed by atoms with Gasteiger partial charge in [-0.1, -0.05) is 13.0 Å². The molecule has 2 aromatic heterocycles. The Hall–Kier alpha value is -2.43. The molecule has 0 N–H and O–H groups in total. The summed E-state index contributed by atoms with van der Waals surface area (Å²) in [5.74, 6) is 0.907. The molecule has 20 heavy (non-hydrogen) atoms. The van der Waals surface area contributed by atoms with E-state index in [1.165, 1.54) is 0 Å². The lowest BCUT2D eigenvalue weighted by Crippen LogP contribution is -2.47. The maximum Gasteiger partial charge on any atom is 0.248 e. The van der Waals surface area contributed by atoms with Gasteiger partial charge in [-0.15, -0.1) is 0 Å². The van der Waals surface area contributed by atoms with Crippen LogP contribution < -0.4 is 0 Å². The maximum atomic E-state index is 12.0. The fourth-order valence-corrected chi connectivity index (χ4v) is 2.74. The van der Waals surface area contributed by atoms with Crippen molar-refractivity contribution in [2.45, 2.75) is 19.0 Å². The van der Waals surface area contributed by atoms with Gasteiger partial charge in [0, 0.05) is 49.9 Å². The van der Waals surface area contributed by atoms with Crippen LogP contribution in [0.1, 0.15) is 18.3 Å². The van der Waals surface area contributed by atoms with Gasteiger partial charge in [0.05, 0.1) is 0 Å². The molecular formula is C15H16N4O. The molecule has 1 atom stereocenters. The van der Waals surface area contributed by atoms with Crippen molar-refractivity contribution >= 4 is 5.91 Å². The van der Waals surface area contributed by atoms with Gasteiger partial charge < -0.3 is 9.47 Å². The van der Waals surface area contributed by atoms with Gasteiger partial charge in [-0.2, -0.15) is 0 Å². The largest absolute Gasteiger partial charge is 0.311 e. The molecule has 0 fully saturated rings. The topological polar surface area (TPSA) is 51.0 Å². The second-order valence-corrected chi connectivity index (χ2v) is 4.77. The Kier molecular flexibility index (Phi) is 2.89. The molecule has 0 aliphatic carbocycles. The summed E-state index contributed by atoms with van der Waals surface area (Å²) in [6.07, 6.45) is 11.5. The van der Waals surface area contributed by atoms with E-state index in [0.29, 0.717) is 0 Å². The zero-order valence-corrected chi connectivity index (χ0v) is 11.5. The Morgan fingerprint density at radius 1 is 1.35 bits per heavy atom. The molecule has 0 spiro atoms. The van der Waals surface area contributed by atoms with Gasteiger partial charge in [-0.3, -0.25) is 9.78 Å². The predicted octanol–water partition coefficient (Wildman–Crippen LogP) is 1.57. The summed E-state index contributed by atoms with van der Waals surface area (Å²) >= 11 is 0. The van der Waals surface area contributed by atoms with Crippen LogP contribution in [-0.2, 0) is 16.9 Å². The minimum atomic E-state index is -0.673. The summed E-state index contributed by atoms with van der Waals surface area (Å²) in [6.45, 7) is 2.05. The van der Waals surface area contributed by atoms with Crippen LogP contribution in [0.5, 0.6) is 0 Å². The number of nitrogens with zero attached hydrogens (tertiary/aromatic N) is 4. The number of aromatic nitrogens is 3. The smallest absolute Gasteiger partial charge is 0.248 e. The first-order valence-corrected chi connectivity index (χ1v) is 6.60. The molecule has 3 heterocycles. The molecule has 0 bridgehead atoms. The highest BCUT2D eigenvalue weighted by Gasteiger charge is 2.43. The van der Waals surface area contributed by atoms with Crippen molar-refractivity contribution in [3.63, 3.8) is 0 Å². The Balaban J connectivity index is 2.26. The Morgan fingerprint density at radius 2 is 2.20 bits per heavy atom. The number of hydrogen-bond donors (Lipinski definition) is 0. The lowest BCUT2D eigenvalue weighted by atomic mass is 10.0. The first-order chi connectivity index (χ1) is 9.70. The second kappa shape index (κ2) is 4.59. The summed E-state index contributed by atoms with van der Waals surface area (Å²) in [6, 6.07) is 3.86. The van der Waals surface area contributed by atoms with Crippen LogP contribution in [0.2, 0.25) is 0 Å². The number of carbonyl (C=O) groups excluding carboxylic acids is 1. The standard InChI is InChI=1S/C15H16N4O/c1-3-13-17-9-10-19(13)15(7-6-14(20)18(15)2)12-5-4-8-16-11-12/h4-11H,3H2,1-2H3. The van der Waals surface area contributed by atoms with Crippen LogP contribution in [0.3, 0.4) is 0 Å². The number of aryl methyl sites for hydroxylation is 1. The average Bonchev–Trinajstić information content (AvgIpc) is 3.07. The summed E-state index contributed by atoms with van der Waals surface area (Å²) in [7, 11) is 1.80. The first kappa shape index (κ1) is 12.6. The third-order valence-corrected chi connectivity index (χ3v) is 3.79. The Bertz CT molecular complexity index is 662. The van der Waals surface area contributed by atoms with Crippen LogP contribution in [-0.4, -0.2) is 32.4 Å². The quantitative estimate of drug-likeness (QED) is 0.849. The van der Waals surface area contributed by atoms with Crippen molar-refractivity contribution in [3.05, 3.63) is 60.5 Å². The number of hydrogen-bond acceptors (Lipinski definition) is 3. The highest BCUT2D eigenvalue weighted by atomic mass is 16.2. The Labute approximate surface area is 117 Å². The van der Waals surface area contributed by atoms with Crippen LogP contribution >= 0.6 is 0 Å². The zero-order chi connectivity index (χ0) is 14.2. The fraction of sp³-hybridized carbons (Fsp3) is 0.267. The molecule has 2 aromatic rings. The number of imidazole rings is 1. The summed E-state index contributed by atoms with van der Waals surface area (Å²) in [5, 5.41) is 0. The monoisotopic (exact) mass is 268 g/mol. The molecule has 0 saturated heterocycles. The first-order valence-electron chi connectivity index (χ1n) is 6.60. The molecule has 1 aliphatic heterocycles. The van der Waals surface area contributed by atoms with Crippen LogP contribution in [0.4, 0.5) is 0 Å². The number of pyridine rings is 1. The molecule has 1 aliphatic rings. The van der Waals surface area contributed by atoms with E-state index >= 15 is 0 Å². The highest BCUT2D eigenvalue weighted by molar-refractivity contribution is 5.91. The van der Waals surface area contributed by atoms with Crippen LogP contribution in [0.25, 0.3) is 0 Å². The summed E-state index contributed by atoms with van der Waals surface area (Å²) in [5.41, 5.74) is 0.269. The minimum Gasteiger partial charge on any atom is -0.311 e. The van der Waals surface area contributed by atoms with Crippen molar-refractivity contribution in [2.24, 2.45) is 0 Å². The second-order valence-electron chi connectivity index (χ2n) is 4.77. The number of rotatable bonds is 3. The van der Waals surface area contributed by atoms with Gasteiger partial charge in [0.25, 0.3) is 0 Å². The average molecular weight is 268 g/mol. The third kappa shape index (κ3) is 1.59. The lowest BCUT2D eigenvalue weighted by Gasteiger charge is -2.38. The van der Waals surface area contributed by atoms with E-state index in [0.717, 1.165) is 17.8 Å². The third-order valence-electron chi connectivity index (χ3n) is 3.79. The molecule has 0 radical (unpaired) electrons. The molecule has 1 amide bonds. The van der Waals surface area contributed by atoms with E-state index in [-0.39, 0.29) is 5.91 Å². The molecule has 3 rings (SSSR count). The van der Waals surface area contributed by atoms with Gasteiger partial charge in [0.15, 0.2) is 5.66 Å². The van der Waals surface area contributed by atoms with Crippen molar-refractivity contribution in [3.8, 4) is 0 Å². The van der Waals surface area contributed by atoms with Crippen molar-refractivity contribution in [1.82, 2.24) is 19.4 Å². The van der Waals surface area contributed by atoms with Crippen LogP contribution in [0.15, 0.2) is 49.1 Å². The molecule has 0 saturated carbocycles. The van der Waals surface area contributed by atoms with E-state index in [1.807, 2.05) is 29.0 Å². The maximum absolute atomic E-state index is 12.0. The Morgan fingerprint density at radius 3 is 2.80 bits per heavy atom. The summed E-state index contributed by atoms with van der Waals surface area (Å²) in [4.78, 5) is 22.3. The highest BCUT2D eigenvalue weighted by Crippen LogP contribution is 2.35. The minimum absolute atomic E-state index is 0.0235. The van der Waals surface area contributed by atoms with Gasteiger partial charge in [0.2, 0.25) is 5.91 Å². The molecule has 0 aromatic carbocycles.